The number of urea groups is 1. The highest BCUT2D eigenvalue weighted by Gasteiger charge is 2.51. The number of barbiturate groups is 1. The van der Waals surface area contributed by atoms with Gasteiger partial charge < -0.3 is 15.4 Å². The molecule has 11 nitrogen and oxygen atoms in total. The Balaban J connectivity index is 3.47. The van der Waals surface area contributed by atoms with Crippen molar-refractivity contribution >= 4 is 35.5 Å². The lowest BCUT2D eigenvalue weighted by Crippen LogP contribution is -2.67. The summed E-state index contributed by atoms with van der Waals surface area (Å²) in [5.74, 6) is -5.84. The number of hydrogen-bond acceptors (Lipinski definition) is 7. The van der Waals surface area contributed by atoms with Crippen molar-refractivity contribution in [2.45, 2.75) is 38.8 Å². The molecule has 0 aliphatic carbocycles. The van der Waals surface area contributed by atoms with Crippen molar-refractivity contribution in [1.29, 1.82) is 0 Å². The number of imide groups is 2. The smallest absolute Gasteiger partial charge is 0.335 e. The SMILES string of the molecule is CCC(C(=O)O)N1C(=O)C(=NO)C(=O)N(C(CC)C(=O)O)C1=O. The van der Waals surface area contributed by atoms with Crippen molar-refractivity contribution in [3.63, 3.8) is 0 Å². The molecule has 2 unspecified atom stereocenters. The van der Waals surface area contributed by atoms with Crippen LogP contribution in [0.25, 0.3) is 0 Å². The Bertz CT molecular complexity index is 553. The predicted octanol–water partition coefficient (Wildman–Crippen LogP) is -0.666. The number of nitrogens with zero attached hydrogens (tertiary/aromatic N) is 3. The van der Waals surface area contributed by atoms with Crippen molar-refractivity contribution < 1.29 is 39.4 Å². The lowest BCUT2D eigenvalue weighted by Gasteiger charge is -2.37. The van der Waals surface area contributed by atoms with Gasteiger partial charge in [-0.05, 0) is 12.8 Å². The second-order valence-corrected chi connectivity index (χ2v) is 4.61. The maximum absolute atomic E-state index is 12.4. The summed E-state index contributed by atoms with van der Waals surface area (Å²) in [6.45, 7) is 2.76. The Morgan fingerprint density at radius 3 is 1.52 bits per heavy atom. The molecule has 1 rings (SSSR count). The molecule has 3 N–H and O–H groups in total. The molecule has 4 amide bonds. The molecule has 0 aromatic rings. The van der Waals surface area contributed by atoms with Gasteiger partial charge in [-0.2, -0.15) is 0 Å². The molecule has 0 spiro atoms. The van der Waals surface area contributed by atoms with Crippen LogP contribution in [0.1, 0.15) is 26.7 Å². The van der Waals surface area contributed by atoms with E-state index in [0.717, 1.165) is 0 Å². The van der Waals surface area contributed by atoms with Crippen molar-refractivity contribution in [3.8, 4) is 0 Å². The van der Waals surface area contributed by atoms with Crippen molar-refractivity contribution in [2.24, 2.45) is 5.16 Å². The lowest BCUT2D eigenvalue weighted by molar-refractivity contribution is -0.151. The standard InChI is InChI=1S/C12H15N3O8/c1-3-5(10(18)19)14-8(16)7(13-23)9(17)15(12(14)22)6(4-2)11(20)21/h5-6,23H,3-4H2,1-2H3,(H,18,19)(H,20,21). The van der Waals surface area contributed by atoms with Crippen LogP contribution in [0.2, 0.25) is 0 Å². The van der Waals surface area contributed by atoms with Gasteiger partial charge in [0.2, 0.25) is 5.71 Å². The molecule has 0 aromatic carbocycles. The van der Waals surface area contributed by atoms with Crippen LogP contribution in [0.5, 0.6) is 0 Å². The topological polar surface area (TPSA) is 165 Å². The fourth-order valence-corrected chi connectivity index (χ4v) is 2.18. The van der Waals surface area contributed by atoms with Crippen molar-refractivity contribution in [1.82, 2.24) is 9.80 Å². The molecule has 0 aromatic heterocycles. The van der Waals surface area contributed by atoms with Crippen LogP contribution in [0.15, 0.2) is 5.16 Å². The fraction of sp³-hybridized carbons (Fsp3) is 0.500. The molecule has 1 aliphatic heterocycles. The third-order valence-electron chi connectivity index (χ3n) is 3.32. The Hall–Kier alpha value is -2.98. The first-order chi connectivity index (χ1) is 10.7. The molecule has 1 saturated heterocycles. The lowest BCUT2D eigenvalue weighted by atomic mass is 10.1. The summed E-state index contributed by atoms with van der Waals surface area (Å²) < 4.78 is 0. The maximum Gasteiger partial charge on any atom is 0.335 e. The minimum Gasteiger partial charge on any atom is -0.480 e. The highest BCUT2D eigenvalue weighted by atomic mass is 16.4. The van der Waals surface area contributed by atoms with Crippen LogP contribution in [0.3, 0.4) is 0 Å². The first kappa shape index (κ1) is 18.1. The summed E-state index contributed by atoms with van der Waals surface area (Å²) in [5, 5.41) is 29.5. The van der Waals surface area contributed by atoms with E-state index in [2.05, 4.69) is 5.16 Å². The number of carboxylic acids is 2. The highest BCUT2D eigenvalue weighted by Crippen LogP contribution is 2.20. The van der Waals surface area contributed by atoms with Gasteiger partial charge in [0, 0.05) is 0 Å². The Morgan fingerprint density at radius 2 is 1.30 bits per heavy atom. The zero-order valence-corrected chi connectivity index (χ0v) is 12.3. The number of oxime groups is 1. The fourth-order valence-electron chi connectivity index (χ4n) is 2.18. The molecule has 1 aliphatic rings. The third kappa shape index (κ3) is 2.98. The number of carboxylic acid groups (broad SMARTS) is 2. The van der Waals surface area contributed by atoms with E-state index in [1.54, 1.807) is 0 Å². The van der Waals surface area contributed by atoms with E-state index in [1.165, 1.54) is 13.8 Å². The van der Waals surface area contributed by atoms with Crippen LogP contribution >= 0.6 is 0 Å². The van der Waals surface area contributed by atoms with E-state index in [4.69, 9.17) is 15.4 Å². The van der Waals surface area contributed by atoms with Gasteiger partial charge >= 0.3 is 18.0 Å². The van der Waals surface area contributed by atoms with E-state index in [-0.39, 0.29) is 22.6 Å². The van der Waals surface area contributed by atoms with E-state index in [1.807, 2.05) is 0 Å². The zero-order valence-electron chi connectivity index (χ0n) is 12.3. The first-order valence-corrected chi connectivity index (χ1v) is 6.61. The van der Waals surface area contributed by atoms with E-state index in [9.17, 15) is 24.0 Å². The van der Waals surface area contributed by atoms with Gasteiger partial charge in [-0.3, -0.25) is 9.59 Å². The van der Waals surface area contributed by atoms with E-state index < -0.39 is 47.6 Å². The van der Waals surface area contributed by atoms with Gasteiger partial charge in [-0.25, -0.2) is 24.2 Å². The van der Waals surface area contributed by atoms with Crippen LogP contribution in [0, 0.1) is 0 Å². The minimum absolute atomic E-state index is 0.183. The van der Waals surface area contributed by atoms with Gasteiger partial charge in [0.25, 0.3) is 11.8 Å². The van der Waals surface area contributed by atoms with Crippen LogP contribution in [0.4, 0.5) is 4.79 Å². The molecule has 11 heteroatoms. The number of carbonyl (C=O) groups is 5. The van der Waals surface area contributed by atoms with Gasteiger partial charge in [-0.1, -0.05) is 19.0 Å². The summed E-state index contributed by atoms with van der Waals surface area (Å²) in [6.07, 6.45) is -0.366. The quantitative estimate of drug-likeness (QED) is 0.426. The summed E-state index contributed by atoms with van der Waals surface area (Å²) in [7, 11) is 0. The second-order valence-electron chi connectivity index (χ2n) is 4.61. The number of rotatable bonds is 6. The second kappa shape index (κ2) is 6.85. The Morgan fingerprint density at radius 1 is 0.957 bits per heavy atom. The number of amides is 4. The van der Waals surface area contributed by atoms with E-state index in [0.29, 0.717) is 0 Å². The van der Waals surface area contributed by atoms with Gasteiger partial charge in [0.15, 0.2) is 0 Å². The monoisotopic (exact) mass is 329 g/mol. The molecule has 0 bridgehead atoms. The summed E-state index contributed by atoms with van der Waals surface area (Å²) in [4.78, 5) is 59.3. The van der Waals surface area contributed by atoms with E-state index >= 15 is 0 Å². The van der Waals surface area contributed by atoms with Gasteiger partial charge in [0.1, 0.15) is 12.1 Å². The average Bonchev–Trinajstić information content (AvgIpc) is 2.47. The molecule has 126 valence electrons. The largest absolute Gasteiger partial charge is 0.480 e. The molecule has 23 heavy (non-hydrogen) atoms. The molecule has 1 heterocycles. The average molecular weight is 329 g/mol. The zero-order chi connectivity index (χ0) is 17.9. The Kier molecular flexibility index (Phi) is 5.38. The molecular formula is C12H15N3O8. The maximum atomic E-state index is 12.4. The Labute approximate surface area is 129 Å². The molecule has 0 radical (unpaired) electrons. The summed E-state index contributed by atoms with van der Waals surface area (Å²) >= 11 is 0. The van der Waals surface area contributed by atoms with Crippen molar-refractivity contribution in [2.75, 3.05) is 0 Å². The van der Waals surface area contributed by atoms with Crippen molar-refractivity contribution in [3.05, 3.63) is 0 Å². The van der Waals surface area contributed by atoms with Gasteiger partial charge in [-0.15, -0.1) is 0 Å². The molecule has 0 saturated carbocycles. The predicted molar refractivity (Wildman–Crippen MR) is 71.7 cm³/mol. The number of carbonyl (C=O) groups excluding carboxylic acids is 3. The third-order valence-corrected chi connectivity index (χ3v) is 3.32. The first-order valence-electron chi connectivity index (χ1n) is 6.61. The highest BCUT2D eigenvalue weighted by molar-refractivity contribution is 6.68. The van der Waals surface area contributed by atoms with Crippen LogP contribution < -0.4 is 0 Å². The summed E-state index contributed by atoms with van der Waals surface area (Å²) in [6, 6.07) is -4.64. The number of hydrogen-bond donors (Lipinski definition) is 3. The van der Waals surface area contributed by atoms with Crippen LogP contribution in [-0.4, -0.2) is 72.8 Å². The normalized spacial score (nSPS) is 18.0. The number of aliphatic carboxylic acids is 2. The van der Waals surface area contributed by atoms with Gasteiger partial charge in [0.05, 0.1) is 0 Å². The molecule has 2 atom stereocenters. The minimum atomic E-state index is -1.63. The molecular weight excluding hydrogens is 314 g/mol. The van der Waals surface area contributed by atoms with Crippen LogP contribution in [-0.2, 0) is 19.2 Å². The summed E-state index contributed by atoms with van der Waals surface area (Å²) in [5.41, 5.74) is -1.12. The molecule has 1 fully saturated rings.